The van der Waals surface area contributed by atoms with Crippen molar-refractivity contribution in [3.63, 3.8) is 0 Å². The Kier molecular flexibility index (Phi) is 3.44. The summed E-state index contributed by atoms with van der Waals surface area (Å²) in [4.78, 5) is 21.8. The van der Waals surface area contributed by atoms with E-state index in [1.807, 2.05) is 72.8 Å². The maximum Gasteiger partial charge on any atom is 0.197 e. The summed E-state index contributed by atoms with van der Waals surface area (Å²) in [7, 11) is 1.63. The second-order valence-electron chi connectivity index (χ2n) is 6.46. The Hall–Kier alpha value is -3.66. The molecular formula is C23H16N2O2. The van der Waals surface area contributed by atoms with Gasteiger partial charge in [0.05, 0.1) is 29.2 Å². The highest BCUT2D eigenvalue weighted by atomic mass is 16.5. The number of rotatable bonds is 2. The van der Waals surface area contributed by atoms with Gasteiger partial charge in [0.1, 0.15) is 5.75 Å². The van der Waals surface area contributed by atoms with Gasteiger partial charge in [-0.25, -0.2) is 4.98 Å². The molecule has 0 aliphatic rings. The molecule has 5 rings (SSSR count). The maximum absolute atomic E-state index is 13.5. The first-order valence-corrected chi connectivity index (χ1v) is 8.74. The van der Waals surface area contributed by atoms with Crippen LogP contribution in [0.1, 0.15) is 0 Å². The minimum atomic E-state index is -0.0372. The van der Waals surface area contributed by atoms with E-state index in [0.29, 0.717) is 16.5 Å². The van der Waals surface area contributed by atoms with Crippen molar-refractivity contribution < 1.29 is 4.74 Å². The van der Waals surface area contributed by atoms with Crippen molar-refractivity contribution in [3.8, 4) is 16.9 Å². The number of benzene rings is 3. The normalized spacial score (nSPS) is 11.3. The van der Waals surface area contributed by atoms with E-state index in [2.05, 4.69) is 4.98 Å². The van der Waals surface area contributed by atoms with Gasteiger partial charge in [-0.2, -0.15) is 0 Å². The second kappa shape index (κ2) is 5.95. The van der Waals surface area contributed by atoms with Crippen LogP contribution in [0.5, 0.6) is 5.75 Å². The molecule has 0 spiro atoms. The van der Waals surface area contributed by atoms with E-state index in [1.54, 1.807) is 7.11 Å². The van der Waals surface area contributed by atoms with Crippen LogP contribution in [0.25, 0.3) is 44.0 Å². The molecule has 3 aromatic carbocycles. The van der Waals surface area contributed by atoms with E-state index in [-0.39, 0.29) is 5.43 Å². The van der Waals surface area contributed by atoms with Gasteiger partial charge in [0, 0.05) is 16.3 Å². The van der Waals surface area contributed by atoms with Gasteiger partial charge in [-0.1, -0.05) is 42.5 Å². The SMILES string of the molecule is COc1ccc(-c2c(=O)c3ccccc3nc3c2[nH]c2ccccc23)cc1. The number of hydrogen-bond donors (Lipinski definition) is 1. The summed E-state index contributed by atoms with van der Waals surface area (Å²) in [5.74, 6) is 0.752. The van der Waals surface area contributed by atoms with E-state index >= 15 is 0 Å². The van der Waals surface area contributed by atoms with Crippen LogP contribution in [0.3, 0.4) is 0 Å². The third-order valence-electron chi connectivity index (χ3n) is 4.92. The second-order valence-corrected chi connectivity index (χ2v) is 6.46. The number of ether oxygens (including phenoxy) is 1. The minimum Gasteiger partial charge on any atom is -0.497 e. The van der Waals surface area contributed by atoms with E-state index in [0.717, 1.165) is 33.2 Å². The highest BCUT2D eigenvalue weighted by molar-refractivity contribution is 6.11. The van der Waals surface area contributed by atoms with Crippen LogP contribution in [-0.4, -0.2) is 17.1 Å². The Morgan fingerprint density at radius 2 is 1.56 bits per heavy atom. The summed E-state index contributed by atoms with van der Waals surface area (Å²) in [5, 5.41) is 1.61. The lowest BCUT2D eigenvalue weighted by atomic mass is 10.0. The Labute approximate surface area is 155 Å². The zero-order valence-corrected chi connectivity index (χ0v) is 14.7. The van der Waals surface area contributed by atoms with Gasteiger partial charge in [0.25, 0.3) is 0 Å². The first-order valence-electron chi connectivity index (χ1n) is 8.74. The molecule has 1 N–H and O–H groups in total. The molecule has 5 aromatic rings. The highest BCUT2D eigenvalue weighted by Crippen LogP contribution is 2.31. The van der Waals surface area contributed by atoms with Gasteiger partial charge in [0.15, 0.2) is 5.43 Å². The van der Waals surface area contributed by atoms with E-state index < -0.39 is 0 Å². The molecular weight excluding hydrogens is 336 g/mol. The van der Waals surface area contributed by atoms with Gasteiger partial charge < -0.3 is 9.72 Å². The molecule has 0 radical (unpaired) electrons. The maximum atomic E-state index is 13.5. The summed E-state index contributed by atoms with van der Waals surface area (Å²) >= 11 is 0. The molecule has 27 heavy (non-hydrogen) atoms. The van der Waals surface area contributed by atoms with Crippen LogP contribution < -0.4 is 10.2 Å². The Balaban J connectivity index is 2.02. The van der Waals surface area contributed by atoms with E-state index in [1.165, 1.54) is 0 Å². The van der Waals surface area contributed by atoms with Gasteiger partial charge >= 0.3 is 0 Å². The number of para-hydroxylation sites is 2. The number of nitrogens with zero attached hydrogens (tertiary/aromatic N) is 1. The average molecular weight is 352 g/mol. The topological polar surface area (TPSA) is 55.0 Å². The molecule has 0 aliphatic heterocycles. The predicted octanol–water partition coefficient (Wildman–Crippen LogP) is 4.91. The Morgan fingerprint density at radius 1 is 0.852 bits per heavy atom. The molecule has 130 valence electrons. The van der Waals surface area contributed by atoms with Crippen molar-refractivity contribution in [3.05, 3.63) is 83.0 Å². The van der Waals surface area contributed by atoms with E-state index in [9.17, 15) is 4.79 Å². The minimum absolute atomic E-state index is 0.0372. The van der Waals surface area contributed by atoms with Crippen molar-refractivity contribution in [1.29, 1.82) is 0 Å². The monoisotopic (exact) mass is 352 g/mol. The fraction of sp³-hybridized carbons (Fsp3) is 0.0435. The molecule has 0 bridgehead atoms. The summed E-state index contributed by atoms with van der Waals surface area (Å²) in [6, 6.07) is 23.0. The van der Waals surface area contributed by atoms with Gasteiger partial charge in [-0.05, 0) is 35.9 Å². The fourth-order valence-corrected chi connectivity index (χ4v) is 3.59. The lowest BCUT2D eigenvalue weighted by molar-refractivity contribution is 0.415. The first kappa shape index (κ1) is 15.6. The molecule has 0 saturated heterocycles. The molecule has 2 aromatic heterocycles. The lowest BCUT2D eigenvalue weighted by Crippen LogP contribution is -2.02. The van der Waals surface area contributed by atoms with Crippen molar-refractivity contribution in [2.75, 3.05) is 7.11 Å². The van der Waals surface area contributed by atoms with Crippen LogP contribution in [0.15, 0.2) is 77.6 Å². The van der Waals surface area contributed by atoms with Crippen LogP contribution in [0.2, 0.25) is 0 Å². The average Bonchev–Trinajstić information content (AvgIpc) is 3.01. The Bertz CT molecular complexity index is 1370. The molecule has 2 heterocycles. The molecule has 4 nitrogen and oxygen atoms in total. The quantitative estimate of drug-likeness (QED) is 0.491. The number of nitrogens with one attached hydrogen (secondary N) is 1. The first-order chi connectivity index (χ1) is 13.3. The third-order valence-corrected chi connectivity index (χ3v) is 4.92. The molecule has 0 fully saturated rings. The molecule has 0 atom stereocenters. The standard InChI is InChI=1S/C23H16N2O2/c1-27-15-12-10-14(11-13-15)20-22-21(16-6-2-4-8-18(16)25-22)24-19-9-5-3-7-17(19)23(20)26/h2-13,25H,1H3. The van der Waals surface area contributed by atoms with Crippen LogP contribution in [0, 0.1) is 0 Å². The fourth-order valence-electron chi connectivity index (χ4n) is 3.59. The molecule has 0 unspecified atom stereocenters. The molecule has 0 amide bonds. The third kappa shape index (κ3) is 2.38. The summed E-state index contributed by atoms with van der Waals surface area (Å²) in [5.41, 5.74) is 4.63. The van der Waals surface area contributed by atoms with Crippen molar-refractivity contribution in [1.82, 2.24) is 9.97 Å². The van der Waals surface area contributed by atoms with E-state index in [4.69, 9.17) is 9.72 Å². The highest BCUT2D eigenvalue weighted by Gasteiger charge is 2.15. The number of hydrogen-bond acceptors (Lipinski definition) is 3. The smallest absolute Gasteiger partial charge is 0.197 e. The van der Waals surface area contributed by atoms with Crippen LogP contribution in [0.4, 0.5) is 0 Å². The van der Waals surface area contributed by atoms with Crippen molar-refractivity contribution in [2.45, 2.75) is 0 Å². The molecule has 0 saturated carbocycles. The molecule has 0 aliphatic carbocycles. The number of aromatic amines is 1. The number of aromatic nitrogens is 2. The molecule has 4 heteroatoms. The summed E-state index contributed by atoms with van der Waals surface area (Å²) in [6.07, 6.45) is 0. The van der Waals surface area contributed by atoms with Gasteiger partial charge in [0.2, 0.25) is 0 Å². The van der Waals surface area contributed by atoms with Crippen LogP contribution >= 0.6 is 0 Å². The van der Waals surface area contributed by atoms with Crippen LogP contribution in [-0.2, 0) is 0 Å². The summed E-state index contributed by atoms with van der Waals surface area (Å²) in [6.45, 7) is 0. The number of methoxy groups -OCH3 is 1. The zero-order valence-electron chi connectivity index (χ0n) is 14.7. The van der Waals surface area contributed by atoms with Gasteiger partial charge in [-0.3, -0.25) is 4.79 Å². The van der Waals surface area contributed by atoms with Crippen molar-refractivity contribution >= 4 is 32.8 Å². The predicted molar refractivity (Wildman–Crippen MR) is 109 cm³/mol. The lowest BCUT2D eigenvalue weighted by Gasteiger charge is -2.03. The number of fused-ring (bicyclic) bond motifs is 4. The number of H-pyrrole nitrogens is 1. The van der Waals surface area contributed by atoms with Gasteiger partial charge in [-0.15, -0.1) is 0 Å². The Morgan fingerprint density at radius 3 is 2.33 bits per heavy atom. The summed E-state index contributed by atoms with van der Waals surface area (Å²) < 4.78 is 5.26. The zero-order chi connectivity index (χ0) is 18.4. The van der Waals surface area contributed by atoms with Crippen molar-refractivity contribution in [2.24, 2.45) is 0 Å². The largest absolute Gasteiger partial charge is 0.497 e.